The molecule has 2 nitrogen and oxygen atoms in total. The normalized spacial score (nSPS) is 48.2. The standard InChI is InChI=1S/C17H32N2/c1-13-7-9-17(12-18,14(2)11-13)19-10-8-15-5-3-4-6-16(15)19/h13-16H,3-12,18H2,1-2H3. The Kier molecular flexibility index (Phi) is 3.92. The van der Waals surface area contributed by atoms with Gasteiger partial charge in [-0.2, -0.15) is 0 Å². The molecule has 3 aliphatic rings. The average molecular weight is 264 g/mol. The second-order valence-electron chi connectivity index (χ2n) is 7.68. The van der Waals surface area contributed by atoms with Crippen LogP contribution in [0.5, 0.6) is 0 Å². The van der Waals surface area contributed by atoms with Crippen LogP contribution >= 0.6 is 0 Å². The third-order valence-electron chi connectivity index (χ3n) is 6.68. The first-order valence-electron chi connectivity index (χ1n) is 8.64. The van der Waals surface area contributed by atoms with Crippen LogP contribution in [0, 0.1) is 17.8 Å². The number of hydrogen-bond donors (Lipinski definition) is 1. The Bertz CT molecular complexity index is 316. The molecule has 1 heterocycles. The maximum atomic E-state index is 6.33. The van der Waals surface area contributed by atoms with Gasteiger partial charge < -0.3 is 5.73 Å². The van der Waals surface area contributed by atoms with Crippen molar-refractivity contribution in [3.63, 3.8) is 0 Å². The van der Waals surface area contributed by atoms with Crippen LogP contribution in [-0.2, 0) is 0 Å². The molecule has 0 bridgehead atoms. The molecule has 0 aromatic carbocycles. The summed E-state index contributed by atoms with van der Waals surface area (Å²) < 4.78 is 0. The van der Waals surface area contributed by atoms with E-state index in [1.165, 1.54) is 57.9 Å². The Morgan fingerprint density at radius 1 is 1.11 bits per heavy atom. The van der Waals surface area contributed by atoms with Crippen molar-refractivity contribution in [2.45, 2.75) is 76.8 Å². The van der Waals surface area contributed by atoms with Gasteiger partial charge in [-0.1, -0.05) is 26.7 Å². The Labute approximate surface area is 119 Å². The Morgan fingerprint density at radius 3 is 2.63 bits per heavy atom. The summed E-state index contributed by atoms with van der Waals surface area (Å²) in [6.45, 7) is 7.10. The molecule has 3 fully saturated rings. The van der Waals surface area contributed by atoms with Crippen LogP contribution in [0.15, 0.2) is 0 Å². The first-order chi connectivity index (χ1) is 9.17. The van der Waals surface area contributed by atoms with Crippen LogP contribution in [0.2, 0.25) is 0 Å². The minimum absolute atomic E-state index is 0.337. The lowest BCUT2D eigenvalue weighted by Crippen LogP contribution is -2.62. The highest BCUT2D eigenvalue weighted by atomic mass is 15.3. The molecule has 2 saturated carbocycles. The molecule has 2 heteroatoms. The number of hydrogen-bond acceptors (Lipinski definition) is 2. The molecule has 5 atom stereocenters. The van der Waals surface area contributed by atoms with E-state index >= 15 is 0 Å². The number of likely N-dealkylation sites (tertiary alicyclic amines) is 1. The Morgan fingerprint density at radius 2 is 1.89 bits per heavy atom. The summed E-state index contributed by atoms with van der Waals surface area (Å²) in [5, 5.41) is 0. The molecule has 1 aliphatic heterocycles. The third kappa shape index (κ3) is 2.25. The Balaban J connectivity index is 1.81. The van der Waals surface area contributed by atoms with E-state index in [-0.39, 0.29) is 0 Å². The third-order valence-corrected chi connectivity index (χ3v) is 6.68. The van der Waals surface area contributed by atoms with Crippen molar-refractivity contribution in [1.82, 2.24) is 4.90 Å². The molecular formula is C17H32N2. The quantitative estimate of drug-likeness (QED) is 0.828. The van der Waals surface area contributed by atoms with Crippen LogP contribution in [0.3, 0.4) is 0 Å². The van der Waals surface area contributed by atoms with Crippen molar-refractivity contribution >= 4 is 0 Å². The van der Waals surface area contributed by atoms with Crippen LogP contribution < -0.4 is 5.73 Å². The van der Waals surface area contributed by atoms with Crippen molar-refractivity contribution in [3.05, 3.63) is 0 Å². The van der Waals surface area contributed by atoms with Gasteiger partial charge in [0.1, 0.15) is 0 Å². The predicted octanol–water partition coefficient (Wildman–Crippen LogP) is 3.40. The van der Waals surface area contributed by atoms with Crippen molar-refractivity contribution in [2.24, 2.45) is 23.5 Å². The van der Waals surface area contributed by atoms with Gasteiger partial charge in [-0.05, 0) is 62.8 Å². The summed E-state index contributed by atoms with van der Waals surface area (Å²) in [6.07, 6.45) is 11.4. The molecule has 19 heavy (non-hydrogen) atoms. The van der Waals surface area contributed by atoms with E-state index in [1.54, 1.807) is 0 Å². The maximum absolute atomic E-state index is 6.33. The van der Waals surface area contributed by atoms with E-state index in [1.807, 2.05) is 0 Å². The van der Waals surface area contributed by atoms with Gasteiger partial charge in [0.15, 0.2) is 0 Å². The first kappa shape index (κ1) is 13.9. The SMILES string of the molecule is CC1CCC(CN)(N2CCC3CCCCC32)C(C)C1. The summed E-state index contributed by atoms with van der Waals surface area (Å²) in [5.74, 6) is 2.67. The predicted molar refractivity (Wildman–Crippen MR) is 81.0 cm³/mol. The average Bonchev–Trinajstić information content (AvgIpc) is 2.84. The molecule has 3 rings (SSSR count). The van der Waals surface area contributed by atoms with Gasteiger partial charge in [0, 0.05) is 18.1 Å². The van der Waals surface area contributed by atoms with Gasteiger partial charge in [-0.3, -0.25) is 4.90 Å². The minimum atomic E-state index is 0.337. The number of rotatable bonds is 2. The van der Waals surface area contributed by atoms with Crippen LogP contribution in [0.1, 0.15) is 65.2 Å². The lowest BCUT2D eigenvalue weighted by molar-refractivity contribution is -0.0216. The molecule has 2 N–H and O–H groups in total. The summed E-state index contributed by atoms with van der Waals surface area (Å²) in [4.78, 5) is 2.90. The highest BCUT2D eigenvalue weighted by Gasteiger charge is 2.50. The fraction of sp³-hybridized carbons (Fsp3) is 1.00. The van der Waals surface area contributed by atoms with Gasteiger partial charge in [-0.25, -0.2) is 0 Å². The highest BCUT2D eigenvalue weighted by Crippen LogP contribution is 2.47. The zero-order valence-electron chi connectivity index (χ0n) is 12.9. The fourth-order valence-electron chi connectivity index (χ4n) is 5.49. The lowest BCUT2D eigenvalue weighted by atomic mass is 9.68. The van der Waals surface area contributed by atoms with Crippen molar-refractivity contribution < 1.29 is 0 Å². The fourth-order valence-corrected chi connectivity index (χ4v) is 5.49. The number of nitrogens with zero attached hydrogens (tertiary/aromatic N) is 1. The summed E-state index contributed by atoms with van der Waals surface area (Å²) in [7, 11) is 0. The van der Waals surface area contributed by atoms with E-state index in [0.29, 0.717) is 5.54 Å². The molecule has 110 valence electrons. The number of nitrogens with two attached hydrogens (primary N) is 1. The summed E-state index contributed by atoms with van der Waals surface area (Å²) in [5.41, 5.74) is 6.67. The first-order valence-corrected chi connectivity index (χ1v) is 8.64. The minimum Gasteiger partial charge on any atom is -0.329 e. The molecule has 2 aliphatic carbocycles. The highest BCUT2D eigenvalue weighted by molar-refractivity contribution is 5.05. The molecule has 1 saturated heterocycles. The monoisotopic (exact) mass is 264 g/mol. The molecule has 0 aromatic heterocycles. The smallest absolute Gasteiger partial charge is 0.0360 e. The van der Waals surface area contributed by atoms with E-state index in [4.69, 9.17) is 5.73 Å². The van der Waals surface area contributed by atoms with Crippen molar-refractivity contribution in [3.8, 4) is 0 Å². The van der Waals surface area contributed by atoms with E-state index in [9.17, 15) is 0 Å². The van der Waals surface area contributed by atoms with E-state index < -0.39 is 0 Å². The molecular weight excluding hydrogens is 232 g/mol. The molecule has 0 aromatic rings. The van der Waals surface area contributed by atoms with Gasteiger partial charge >= 0.3 is 0 Å². The van der Waals surface area contributed by atoms with Crippen LogP contribution in [-0.4, -0.2) is 29.6 Å². The summed E-state index contributed by atoms with van der Waals surface area (Å²) >= 11 is 0. The van der Waals surface area contributed by atoms with Gasteiger partial charge in [-0.15, -0.1) is 0 Å². The van der Waals surface area contributed by atoms with Gasteiger partial charge in [0.05, 0.1) is 0 Å². The lowest BCUT2D eigenvalue weighted by Gasteiger charge is -2.53. The van der Waals surface area contributed by atoms with E-state index in [2.05, 4.69) is 18.7 Å². The molecule has 0 radical (unpaired) electrons. The molecule has 5 unspecified atom stereocenters. The van der Waals surface area contributed by atoms with Gasteiger partial charge in [0.25, 0.3) is 0 Å². The molecule has 0 spiro atoms. The van der Waals surface area contributed by atoms with Gasteiger partial charge in [0.2, 0.25) is 0 Å². The van der Waals surface area contributed by atoms with Crippen LogP contribution in [0.4, 0.5) is 0 Å². The second kappa shape index (κ2) is 5.37. The largest absolute Gasteiger partial charge is 0.329 e. The van der Waals surface area contributed by atoms with Crippen molar-refractivity contribution in [1.29, 1.82) is 0 Å². The Hall–Kier alpha value is -0.0800. The second-order valence-corrected chi connectivity index (χ2v) is 7.68. The van der Waals surface area contributed by atoms with E-state index in [0.717, 1.165) is 30.3 Å². The molecule has 0 amide bonds. The summed E-state index contributed by atoms with van der Waals surface area (Å²) in [6, 6.07) is 0.869. The zero-order valence-corrected chi connectivity index (χ0v) is 12.9. The number of fused-ring (bicyclic) bond motifs is 1. The maximum Gasteiger partial charge on any atom is 0.0360 e. The van der Waals surface area contributed by atoms with Crippen molar-refractivity contribution in [2.75, 3.05) is 13.1 Å². The van der Waals surface area contributed by atoms with Crippen LogP contribution in [0.25, 0.3) is 0 Å². The zero-order chi connectivity index (χ0) is 13.5. The topological polar surface area (TPSA) is 29.3 Å².